The number of benzene rings is 3. The predicted octanol–water partition coefficient (Wildman–Crippen LogP) is 5.77. The van der Waals surface area contributed by atoms with Crippen molar-refractivity contribution in [2.75, 3.05) is 28.4 Å². The van der Waals surface area contributed by atoms with E-state index in [1.54, 1.807) is 40.6 Å². The number of non-ortho nitro benzene ring substituents is 1. The average Bonchev–Trinajstić information content (AvgIpc) is 3.30. The Kier molecular flexibility index (Phi) is 7.62. The summed E-state index contributed by atoms with van der Waals surface area (Å²) >= 11 is 0. The van der Waals surface area contributed by atoms with Gasteiger partial charge in [0.1, 0.15) is 0 Å². The molecule has 9 heteroatoms. The Hall–Kier alpha value is -4.53. The normalized spacial score (nSPS) is 10.7. The lowest BCUT2D eigenvalue weighted by Crippen LogP contribution is -2.05. The predicted molar refractivity (Wildman–Crippen MR) is 141 cm³/mol. The van der Waals surface area contributed by atoms with Crippen LogP contribution < -0.4 is 18.9 Å². The van der Waals surface area contributed by atoms with E-state index in [-0.39, 0.29) is 5.69 Å². The third-order valence-corrected chi connectivity index (χ3v) is 6.17. The molecule has 1 heterocycles. The Morgan fingerprint density at radius 3 is 1.97 bits per heavy atom. The van der Waals surface area contributed by atoms with Gasteiger partial charge in [0.2, 0.25) is 0 Å². The number of nitro benzene ring substituents is 1. The smallest absolute Gasteiger partial charge is 0.269 e. The van der Waals surface area contributed by atoms with E-state index in [2.05, 4.69) is 6.92 Å². The summed E-state index contributed by atoms with van der Waals surface area (Å²) < 4.78 is 23.8. The third-order valence-electron chi connectivity index (χ3n) is 6.17. The fourth-order valence-corrected chi connectivity index (χ4v) is 4.41. The molecular weight excluding hydrogens is 474 g/mol. The Balaban J connectivity index is 1.93. The van der Waals surface area contributed by atoms with Crippen LogP contribution in [0.5, 0.6) is 23.0 Å². The van der Waals surface area contributed by atoms with Gasteiger partial charge in [0.15, 0.2) is 23.0 Å². The topological polar surface area (TPSA) is 97.9 Å². The molecule has 0 aliphatic rings. The molecule has 0 aliphatic heterocycles. The van der Waals surface area contributed by atoms with Crippen molar-refractivity contribution in [2.45, 2.75) is 19.9 Å². The molecular formula is C28H29N3O6. The summed E-state index contributed by atoms with van der Waals surface area (Å²) in [6.07, 6.45) is 0.697. The number of hydrogen-bond acceptors (Lipinski definition) is 7. The van der Waals surface area contributed by atoms with Crippen molar-refractivity contribution in [3.05, 3.63) is 81.9 Å². The van der Waals surface area contributed by atoms with Crippen molar-refractivity contribution in [2.24, 2.45) is 0 Å². The number of nitro groups is 1. The molecule has 0 amide bonds. The molecule has 4 rings (SSSR count). The van der Waals surface area contributed by atoms with E-state index in [0.29, 0.717) is 36.0 Å². The lowest BCUT2D eigenvalue weighted by Gasteiger charge is -2.13. The van der Waals surface area contributed by atoms with Crippen LogP contribution in [0.1, 0.15) is 18.1 Å². The first-order chi connectivity index (χ1) is 17.9. The van der Waals surface area contributed by atoms with Crippen molar-refractivity contribution < 1.29 is 23.9 Å². The standard InChI is InChI=1S/C28H29N3O6/c1-6-22-27(19-10-12-23(34-2)25(15-19)36-4)29-30(17-18-8-7-9-21(14-18)31(32)33)28(22)20-11-13-24(35-3)26(16-20)37-5/h7-16H,6,17H2,1-5H3. The van der Waals surface area contributed by atoms with E-state index in [0.717, 1.165) is 33.6 Å². The zero-order chi connectivity index (χ0) is 26.5. The highest BCUT2D eigenvalue weighted by molar-refractivity contribution is 5.77. The minimum absolute atomic E-state index is 0.0353. The molecule has 1 aromatic heterocycles. The summed E-state index contributed by atoms with van der Waals surface area (Å²) in [7, 11) is 6.38. The minimum Gasteiger partial charge on any atom is -0.493 e. The first-order valence-corrected chi connectivity index (χ1v) is 11.7. The van der Waals surface area contributed by atoms with E-state index in [1.807, 2.05) is 47.1 Å². The molecule has 0 aliphatic carbocycles. The maximum atomic E-state index is 11.4. The molecule has 192 valence electrons. The number of ether oxygens (including phenoxy) is 4. The van der Waals surface area contributed by atoms with Crippen LogP contribution in [0.15, 0.2) is 60.7 Å². The highest BCUT2D eigenvalue weighted by Gasteiger charge is 2.22. The largest absolute Gasteiger partial charge is 0.493 e. The number of methoxy groups -OCH3 is 4. The number of aromatic nitrogens is 2. The van der Waals surface area contributed by atoms with Gasteiger partial charge in [-0.1, -0.05) is 19.1 Å². The van der Waals surface area contributed by atoms with Crippen LogP contribution in [0.25, 0.3) is 22.5 Å². The molecule has 9 nitrogen and oxygen atoms in total. The third kappa shape index (κ3) is 5.06. The summed E-state index contributed by atoms with van der Waals surface area (Å²) in [4.78, 5) is 11.0. The van der Waals surface area contributed by atoms with E-state index in [4.69, 9.17) is 24.0 Å². The van der Waals surface area contributed by atoms with Crippen molar-refractivity contribution >= 4 is 5.69 Å². The fourth-order valence-electron chi connectivity index (χ4n) is 4.41. The number of rotatable bonds is 10. The molecule has 37 heavy (non-hydrogen) atoms. The van der Waals surface area contributed by atoms with E-state index >= 15 is 0 Å². The van der Waals surface area contributed by atoms with Crippen molar-refractivity contribution in [3.8, 4) is 45.5 Å². The molecule has 0 N–H and O–H groups in total. The molecule has 0 fully saturated rings. The minimum atomic E-state index is -0.394. The second-order valence-corrected chi connectivity index (χ2v) is 8.25. The van der Waals surface area contributed by atoms with Gasteiger partial charge in [-0.3, -0.25) is 14.8 Å². The van der Waals surface area contributed by atoms with Crippen LogP contribution in [0.2, 0.25) is 0 Å². The Bertz CT molecular complexity index is 1430. The van der Waals surface area contributed by atoms with Gasteiger partial charge in [-0.05, 0) is 48.4 Å². The van der Waals surface area contributed by atoms with E-state index in [9.17, 15) is 10.1 Å². The van der Waals surface area contributed by atoms with Gasteiger partial charge in [0.05, 0.1) is 51.3 Å². The molecule has 0 spiro atoms. The van der Waals surface area contributed by atoms with Crippen LogP contribution in [-0.4, -0.2) is 43.1 Å². The number of nitrogens with zero attached hydrogens (tertiary/aromatic N) is 3. The van der Waals surface area contributed by atoms with Gasteiger partial charge >= 0.3 is 0 Å². The molecule has 4 aromatic rings. The lowest BCUT2D eigenvalue weighted by atomic mass is 9.99. The lowest BCUT2D eigenvalue weighted by molar-refractivity contribution is -0.384. The monoisotopic (exact) mass is 503 g/mol. The van der Waals surface area contributed by atoms with Crippen LogP contribution in [0.3, 0.4) is 0 Å². The Labute approximate surface area is 215 Å². The molecule has 0 radical (unpaired) electrons. The van der Waals surface area contributed by atoms with Crippen molar-refractivity contribution in [1.29, 1.82) is 0 Å². The summed E-state index contributed by atoms with van der Waals surface area (Å²) in [5.41, 5.74) is 5.25. The molecule has 0 bridgehead atoms. The van der Waals surface area contributed by atoms with Crippen molar-refractivity contribution in [3.63, 3.8) is 0 Å². The van der Waals surface area contributed by atoms with Crippen LogP contribution in [-0.2, 0) is 13.0 Å². The van der Waals surface area contributed by atoms with Gasteiger partial charge in [-0.15, -0.1) is 0 Å². The summed E-state index contributed by atoms with van der Waals surface area (Å²) in [6, 6.07) is 18.0. The van der Waals surface area contributed by atoms with E-state index < -0.39 is 4.92 Å². The quantitative estimate of drug-likeness (QED) is 0.200. The summed E-state index contributed by atoms with van der Waals surface area (Å²) in [5, 5.41) is 16.4. The molecule has 0 unspecified atom stereocenters. The van der Waals surface area contributed by atoms with Gasteiger partial charge in [0, 0.05) is 28.8 Å². The molecule has 0 saturated heterocycles. The molecule has 3 aromatic carbocycles. The Morgan fingerprint density at radius 1 is 0.811 bits per heavy atom. The average molecular weight is 504 g/mol. The first-order valence-electron chi connectivity index (χ1n) is 11.7. The summed E-state index contributed by atoms with van der Waals surface area (Å²) in [6.45, 7) is 2.41. The molecule has 0 saturated carbocycles. The van der Waals surface area contributed by atoms with Crippen molar-refractivity contribution in [1.82, 2.24) is 9.78 Å². The summed E-state index contributed by atoms with van der Waals surface area (Å²) in [5.74, 6) is 2.44. The zero-order valence-electron chi connectivity index (χ0n) is 21.5. The van der Waals surface area contributed by atoms with Gasteiger partial charge in [-0.25, -0.2) is 0 Å². The maximum absolute atomic E-state index is 11.4. The zero-order valence-corrected chi connectivity index (χ0v) is 21.5. The molecule has 0 atom stereocenters. The SMILES string of the molecule is CCc1c(-c2ccc(OC)c(OC)c2)nn(Cc2cccc([N+](=O)[O-])c2)c1-c1ccc(OC)c(OC)c1. The highest BCUT2D eigenvalue weighted by atomic mass is 16.6. The number of hydrogen-bond donors (Lipinski definition) is 0. The Morgan fingerprint density at radius 2 is 1.41 bits per heavy atom. The van der Waals surface area contributed by atoms with Crippen LogP contribution in [0.4, 0.5) is 5.69 Å². The van der Waals surface area contributed by atoms with Gasteiger partial charge in [-0.2, -0.15) is 5.10 Å². The van der Waals surface area contributed by atoms with Gasteiger partial charge < -0.3 is 18.9 Å². The second kappa shape index (κ2) is 11.0. The van der Waals surface area contributed by atoms with Gasteiger partial charge in [0.25, 0.3) is 5.69 Å². The van der Waals surface area contributed by atoms with Crippen LogP contribution in [0, 0.1) is 10.1 Å². The van der Waals surface area contributed by atoms with E-state index in [1.165, 1.54) is 6.07 Å². The second-order valence-electron chi connectivity index (χ2n) is 8.25. The van der Waals surface area contributed by atoms with Crippen LogP contribution >= 0.6 is 0 Å². The first kappa shape index (κ1) is 25.6. The fraction of sp³-hybridized carbons (Fsp3) is 0.250. The highest BCUT2D eigenvalue weighted by Crippen LogP contribution is 2.39. The maximum Gasteiger partial charge on any atom is 0.269 e.